The first-order chi connectivity index (χ1) is 13.2. The summed E-state index contributed by atoms with van der Waals surface area (Å²) in [5.74, 6) is -1.99. The van der Waals surface area contributed by atoms with Gasteiger partial charge in [0.05, 0.1) is 13.5 Å². The SMILES string of the molecule is COc1ccc(C(=O)COC(=O)CCNS(=O)(=O)c2c(C)noc2C)cc1F. The van der Waals surface area contributed by atoms with Crippen molar-refractivity contribution in [2.24, 2.45) is 0 Å². The van der Waals surface area contributed by atoms with E-state index in [4.69, 9.17) is 14.0 Å². The number of rotatable bonds is 9. The molecule has 2 rings (SSSR count). The van der Waals surface area contributed by atoms with Gasteiger partial charge < -0.3 is 14.0 Å². The summed E-state index contributed by atoms with van der Waals surface area (Å²) < 4.78 is 54.6. The first-order valence-corrected chi connectivity index (χ1v) is 9.59. The maximum atomic E-state index is 13.6. The van der Waals surface area contributed by atoms with E-state index in [0.717, 1.165) is 6.07 Å². The molecule has 0 saturated carbocycles. The fourth-order valence-corrected chi connectivity index (χ4v) is 3.72. The number of hydrogen-bond acceptors (Lipinski definition) is 8. The Hall–Kier alpha value is -2.79. The summed E-state index contributed by atoms with van der Waals surface area (Å²) in [5, 5.41) is 3.56. The van der Waals surface area contributed by atoms with Crippen LogP contribution in [0, 0.1) is 19.7 Å². The summed E-state index contributed by atoms with van der Waals surface area (Å²) in [6, 6.07) is 3.61. The lowest BCUT2D eigenvalue weighted by Crippen LogP contribution is -2.28. The van der Waals surface area contributed by atoms with Crippen LogP contribution in [0.4, 0.5) is 4.39 Å². The lowest BCUT2D eigenvalue weighted by atomic mass is 10.1. The molecule has 1 aromatic heterocycles. The topological polar surface area (TPSA) is 125 Å². The van der Waals surface area contributed by atoms with Crippen LogP contribution in [-0.4, -0.2) is 45.6 Å². The van der Waals surface area contributed by atoms with E-state index in [9.17, 15) is 22.4 Å². The van der Waals surface area contributed by atoms with E-state index in [1.165, 1.54) is 33.1 Å². The highest BCUT2D eigenvalue weighted by Crippen LogP contribution is 2.19. The number of ketones is 1. The number of esters is 1. The maximum absolute atomic E-state index is 13.6. The molecule has 0 bridgehead atoms. The minimum Gasteiger partial charge on any atom is -0.494 e. The lowest BCUT2D eigenvalue weighted by Gasteiger charge is -2.07. The van der Waals surface area contributed by atoms with Gasteiger partial charge in [-0.2, -0.15) is 0 Å². The summed E-state index contributed by atoms with van der Waals surface area (Å²) in [6.07, 6.45) is -0.299. The Morgan fingerprint density at radius 2 is 2.00 bits per heavy atom. The fraction of sp³-hybridized carbons (Fsp3) is 0.353. The van der Waals surface area contributed by atoms with Gasteiger partial charge in [-0.3, -0.25) is 9.59 Å². The quantitative estimate of drug-likeness (QED) is 0.484. The molecule has 0 unspecified atom stereocenters. The first kappa shape index (κ1) is 21.5. The largest absolute Gasteiger partial charge is 0.494 e. The van der Waals surface area contributed by atoms with Gasteiger partial charge in [0, 0.05) is 12.1 Å². The van der Waals surface area contributed by atoms with E-state index in [-0.39, 0.29) is 40.6 Å². The molecule has 9 nitrogen and oxygen atoms in total. The number of hydrogen-bond donors (Lipinski definition) is 1. The van der Waals surface area contributed by atoms with Gasteiger partial charge in [-0.1, -0.05) is 5.16 Å². The molecular formula is C17H19FN2O7S. The van der Waals surface area contributed by atoms with Crippen molar-refractivity contribution < 1.29 is 36.4 Å². The Morgan fingerprint density at radius 3 is 2.57 bits per heavy atom. The minimum absolute atomic E-state index is 0.0147. The first-order valence-electron chi connectivity index (χ1n) is 8.10. The van der Waals surface area contributed by atoms with Crippen molar-refractivity contribution in [3.05, 3.63) is 41.0 Å². The zero-order valence-corrected chi connectivity index (χ0v) is 16.3. The van der Waals surface area contributed by atoms with Crippen molar-refractivity contribution >= 4 is 21.8 Å². The van der Waals surface area contributed by atoms with Crippen molar-refractivity contribution in [2.45, 2.75) is 25.2 Å². The number of Topliss-reactive ketones (excluding diaryl/α,β-unsaturated/α-hetero) is 1. The lowest BCUT2D eigenvalue weighted by molar-refractivity contribution is -0.142. The molecule has 11 heteroatoms. The third-order valence-corrected chi connectivity index (χ3v) is 5.40. The normalized spacial score (nSPS) is 11.3. The third kappa shape index (κ3) is 5.14. The average molecular weight is 414 g/mol. The van der Waals surface area contributed by atoms with E-state index < -0.39 is 34.2 Å². The molecule has 1 N–H and O–H groups in total. The molecule has 0 spiro atoms. The molecule has 2 aromatic rings. The van der Waals surface area contributed by atoms with Crippen LogP contribution < -0.4 is 9.46 Å². The predicted molar refractivity (Wildman–Crippen MR) is 94.0 cm³/mol. The standard InChI is InChI=1S/C17H19FN2O7S/c1-10-17(11(2)27-20-10)28(23,24)19-7-6-16(22)26-9-14(21)12-4-5-15(25-3)13(18)8-12/h4-5,8,19H,6-7,9H2,1-3H3. The van der Waals surface area contributed by atoms with Gasteiger partial charge in [0.15, 0.2) is 29.7 Å². The highest BCUT2D eigenvalue weighted by molar-refractivity contribution is 7.89. The molecule has 0 amide bonds. The van der Waals surface area contributed by atoms with Crippen LogP contribution in [0.25, 0.3) is 0 Å². The highest BCUT2D eigenvalue weighted by atomic mass is 32.2. The van der Waals surface area contributed by atoms with Crippen molar-refractivity contribution in [1.29, 1.82) is 0 Å². The number of methoxy groups -OCH3 is 1. The number of carbonyl (C=O) groups is 2. The van der Waals surface area contributed by atoms with E-state index in [1.54, 1.807) is 0 Å². The van der Waals surface area contributed by atoms with E-state index in [2.05, 4.69) is 9.88 Å². The second-order valence-electron chi connectivity index (χ2n) is 5.73. The zero-order valence-electron chi connectivity index (χ0n) is 15.4. The van der Waals surface area contributed by atoms with E-state index >= 15 is 0 Å². The minimum atomic E-state index is -3.89. The Morgan fingerprint density at radius 1 is 1.29 bits per heavy atom. The molecule has 0 atom stereocenters. The van der Waals surface area contributed by atoms with E-state index in [1.807, 2.05) is 0 Å². The number of carbonyl (C=O) groups excluding carboxylic acids is 2. The highest BCUT2D eigenvalue weighted by Gasteiger charge is 2.24. The van der Waals surface area contributed by atoms with E-state index in [0.29, 0.717) is 0 Å². The molecule has 0 aliphatic rings. The van der Waals surface area contributed by atoms with Gasteiger partial charge >= 0.3 is 5.97 Å². The molecule has 0 aliphatic heterocycles. The number of nitrogens with one attached hydrogen (secondary N) is 1. The second kappa shape index (κ2) is 8.93. The Balaban J connectivity index is 1.83. The number of sulfonamides is 1. The molecule has 28 heavy (non-hydrogen) atoms. The molecule has 152 valence electrons. The number of halogens is 1. The molecular weight excluding hydrogens is 395 g/mol. The van der Waals surface area contributed by atoms with Gasteiger partial charge in [-0.05, 0) is 32.0 Å². The van der Waals surface area contributed by atoms with Gasteiger partial charge in [-0.15, -0.1) is 0 Å². The summed E-state index contributed by atoms with van der Waals surface area (Å²) in [5.41, 5.74) is 0.218. The van der Waals surface area contributed by atoms with Crippen LogP contribution in [0.1, 0.15) is 28.2 Å². The summed E-state index contributed by atoms with van der Waals surface area (Å²) in [7, 11) is -2.60. The molecule has 0 radical (unpaired) electrons. The molecule has 1 aromatic carbocycles. The van der Waals surface area contributed by atoms with Crippen LogP contribution in [0.3, 0.4) is 0 Å². The molecule has 1 heterocycles. The van der Waals surface area contributed by atoms with Gasteiger partial charge in [-0.25, -0.2) is 17.5 Å². The van der Waals surface area contributed by atoms with Gasteiger partial charge in [0.1, 0.15) is 10.6 Å². The van der Waals surface area contributed by atoms with Crippen LogP contribution in [0.15, 0.2) is 27.6 Å². The van der Waals surface area contributed by atoms with Crippen LogP contribution >= 0.6 is 0 Å². The molecule has 0 saturated heterocycles. The Labute approximate surface area is 160 Å². The van der Waals surface area contributed by atoms with Gasteiger partial charge in [0.25, 0.3) is 0 Å². The van der Waals surface area contributed by atoms with Crippen LogP contribution in [-0.2, 0) is 19.6 Å². The van der Waals surface area contributed by atoms with Crippen molar-refractivity contribution in [3.8, 4) is 5.75 Å². The van der Waals surface area contributed by atoms with Crippen molar-refractivity contribution in [1.82, 2.24) is 9.88 Å². The molecule has 0 fully saturated rings. The van der Waals surface area contributed by atoms with Crippen molar-refractivity contribution in [3.63, 3.8) is 0 Å². The van der Waals surface area contributed by atoms with Crippen LogP contribution in [0.5, 0.6) is 5.75 Å². The smallest absolute Gasteiger partial charge is 0.307 e. The maximum Gasteiger partial charge on any atom is 0.307 e. The number of nitrogens with zero attached hydrogens (tertiary/aromatic N) is 1. The molecule has 0 aliphatic carbocycles. The fourth-order valence-electron chi connectivity index (χ4n) is 2.36. The summed E-state index contributed by atoms with van der Waals surface area (Å²) in [4.78, 5) is 23.6. The monoisotopic (exact) mass is 414 g/mol. The Bertz CT molecular complexity index is 966. The summed E-state index contributed by atoms with van der Waals surface area (Å²) in [6.45, 7) is 2.10. The predicted octanol–water partition coefficient (Wildman–Crippen LogP) is 1.53. The number of ether oxygens (including phenoxy) is 2. The average Bonchev–Trinajstić information content (AvgIpc) is 2.98. The van der Waals surface area contributed by atoms with Gasteiger partial charge in [0.2, 0.25) is 10.0 Å². The summed E-state index contributed by atoms with van der Waals surface area (Å²) >= 11 is 0. The van der Waals surface area contributed by atoms with Crippen molar-refractivity contribution in [2.75, 3.05) is 20.3 Å². The third-order valence-electron chi connectivity index (χ3n) is 3.70. The zero-order chi connectivity index (χ0) is 20.9. The number of aromatic nitrogens is 1. The second-order valence-corrected chi connectivity index (χ2v) is 7.44. The van der Waals surface area contributed by atoms with Crippen LogP contribution in [0.2, 0.25) is 0 Å². The number of aryl methyl sites for hydroxylation is 2. The Kier molecular flexibility index (Phi) is 6.86. The number of benzene rings is 1.